The highest BCUT2D eigenvalue weighted by molar-refractivity contribution is 5.92. The van der Waals surface area contributed by atoms with Crippen LogP contribution in [0.4, 0.5) is 4.39 Å². The first kappa shape index (κ1) is 18.1. The number of benzene rings is 2. The average Bonchev–Trinajstić information content (AvgIpc) is 3.23. The molecule has 28 heavy (non-hydrogen) atoms. The number of halogens is 1. The van der Waals surface area contributed by atoms with Crippen LogP contribution in [-0.2, 0) is 4.79 Å². The van der Waals surface area contributed by atoms with E-state index in [0.717, 1.165) is 24.8 Å². The number of likely N-dealkylation sites (tertiary alicyclic amines) is 1. The number of rotatable bonds is 4. The Labute approximate surface area is 162 Å². The van der Waals surface area contributed by atoms with Crippen molar-refractivity contribution in [3.8, 4) is 11.4 Å². The van der Waals surface area contributed by atoms with Crippen LogP contribution in [0.25, 0.3) is 17.5 Å². The minimum atomic E-state index is -0.318. The van der Waals surface area contributed by atoms with Gasteiger partial charge in [-0.25, -0.2) is 4.39 Å². The van der Waals surface area contributed by atoms with Gasteiger partial charge in [0.15, 0.2) is 0 Å². The molecule has 1 atom stereocenters. The second-order valence-corrected chi connectivity index (χ2v) is 6.75. The molecule has 4 rings (SSSR count). The van der Waals surface area contributed by atoms with Gasteiger partial charge in [0.1, 0.15) is 11.9 Å². The van der Waals surface area contributed by atoms with Crippen molar-refractivity contribution >= 4 is 12.0 Å². The first-order valence-corrected chi connectivity index (χ1v) is 9.34. The highest BCUT2D eigenvalue weighted by Gasteiger charge is 2.31. The molecule has 5 nitrogen and oxygen atoms in total. The van der Waals surface area contributed by atoms with Crippen LogP contribution in [0.2, 0.25) is 0 Å². The summed E-state index contributed by atoms with van der Waals surface area (Å²) in [5.41, 5.74) is 1.65. The third-order valence-electron chi connectivity index (χ3n) is 4.83. The van der Waals surface area contributed by atoms with Crippen LogP contribution in [-0.4, -0.2) is 27.5 Å². The fourth-order valence-electron chi connectivity index (χ4n) is 3.37. The summed E-state index contributed by atoms with van der Waals surface area (Å²) in [6, 6.07) is 15.4. The lowest BCUT2D eigenvalue weighted by Crippen LogP contribution is -2.37. The van der Waals surface area contributed by atoms with Crippen molar-refractivity contribution in [3.63, 3.8) is 0 Å². The Morgan fingerprint density at radius 2 is 1.89 bits per heavy atom. The van der Waals surface area contributed by atoms with Gasteiger partial charge in [-0.15, -0.1) is 0 Å². The molecule has 6 heteroatoms. The van der Waals surface area contributed by atoms with E-state index >= 15 is 0 Å². The van der Waals surface area contributed by atoms with Crippen molar-refractivity contribution in [2.45, 2.75) is 25.3 Å². The van der Waals surface area contributed by atoms with Gasteiger partial charge in [-0.1, -0.05) is 35.5 Å². The minimum Gasteiger partial charge on any atom is -0.337 e. The minimum absolute atomic E-state index is 0.0740. The van der Waals surface area contributed by atoms with E-state index in [1.165, 1.54) is 12.1 Å². The van der Waals surface area contributed by atoms with E-state index in [0.29, 0.717) is 23.8 Å². The topological polar surface area (TPSA) is 59.2 Å². The van der Waals surface area contributed by atoms with Gasteiger partial charge >= 0.3 is 0 Å². The fraction of sp³-hybridized carbons (Fsp3) is 0.227. The molecule has 1 amide bonds. The Bertz CT molecular complexity index is 967. The van der Waals surface area contributed by atoms with E-state index in [4.69, 9.17) is 4.52 Å². The lowest BCUT2D eigenvalue weighted by atomic mass is 10.0. The molecule has 0 saturated carbocycles. The first-order valence-electron chi connectivity index (χ1n) is 9.34. The number of aromatic nitrogens is 2. The van der Waals surface area contributed by atoms with Crippen LogP contribution in [0.1, 0.15) is 36.8 Å². The summed E-state index contributed by atoms with van der Waals surface area (Å²) in [4.78, 5) is 19.0. The van der Waals surface area contributed by atoms with Crippen LogP contribution < -0.4 is 0 Å². The first-order chi connectivity index (χ1) is 13.7. The molecule has 142 valence electrons. The summed E-state index contributed by atoms with van der Waals surface area (Å²) in [6.45, 7) is 0.650. The molecule has 2 heterocycles. The van der Waals surface area contributed by atoms with E-state index in [1.54, 1.807) is 23.1 Å². The largest absolute Gasteiger partial charge is 0.337 e. The van der Waals surface area contributed by atoms with Gasteiger partial charge in [0.25, 0.3) is 0 Å². The zero-order valence-electron chi connectivity index (χ0n) is 15.3. The highest BCUT2D eigenvalue weighted by Crippen LogP contribution is 2.31. The van der Waals surface area contributed by atoms with Crippen molar-refractivity contribution in [2.24, 2.45) is 0 Å². The highest BCUT2D eigenvalue weighted by atomic mass is 19.1. The van der Waals surface area contributed by atoms with E-state index < -0.39 is 0 Å². The smallest absolute Gasteiger partial charge is 0.249 e. The van der Waals surface area contributed by atoms with Crippen LogP contribution in [0.5, 0.6) is 0 Å². The predicted molar refractivity (Wildman–Crippen MR) is 103 cm³/mol. The fourth-order valence-corrected chi connectivity index (χ4v) is 3.37. The molecule has 1 unspecified atom stereocenters. The van der Waals surface area contributed by atoms with E-state index in [-0.39, 0.29) is 17.8 Å². The van der Waals surface area contributed by atoms with Crippen molar-refractivity contribution in [3.05, 3.63) is 77.9 Å². The Balaban J connectivity index is 1.53. The zero-order valence-corrected chi connectivity index (χ0v) is 15.3. The average molecular weight is 377 g/mol. The lowest BCUT2D eigenvalue weighted by molar-refractivity contribution is -0.130. The summed E-state index contributed by atoms with van der Waals surface area (Å²) in [6.07, 6.45) is 6.11. The lowest BCUT2D eigenvalue weighted by Gasteiger charge is -2.32. The van der Waals surface area contributed by atoms with Crippen molar-refractivity contribution in [2.75, 3.05) is 6.54 Å². The number of amides is 1. The molecule has 0 spiro atoms. The summed E-state index contributed by atoms with van der Waals surface area (Å²) < 4.78 is 18.6. The Morgan fingerprint density at radius 3 is 2.68 bits per heavy atom. The van der Waals surface area contributed by atoms with Gasteiger partial charge < -0.3 is 9.42 Å². The monoisotopic (exact) mass is 377 g/mol. The molecule has 1 aromatic heterocycles. The maximum absolute atomic E-state index is 13.1. The normalized spacial score (nSPS) is 17.2. The Kier molecular flexibility index (Phi) is 5.28. The van der Waals surface area contributed by atoms with Gasteiger partial charge in [-0.05, 0) is 55.2 Å². The molecule has 0 N–H and O–H groups in total. The molecule has 0 radical (unpaired) electrons. The van der Waals surface area contributed by atoms with Gasteiger partial charge in [-0.2, -0.15) is 4.98 Å². The predicted octanol–water partition coefficient (Wildman–Crippen LogP) is 4.64. The molecule has 2 aromatic carbocycles. The Hall–Kier alpha value is -3.28. The molecular formula is C22H20FN3O2. The number of piperidine rings is 1. The second kappa shape index (κ2) is 8.17. The number of hydrogen-bond donors (Lipinski definition) is 0. The SMILES string of the molecule is O=C(/C=C/c1ccccc1)N1CCCCC1c1nc(-c2ccc(F)cc2)no1. The van der Waals surface area contributed by atoms with Crippen LogP contribution in [0.15, 0.2) is 65.2 Å². The van der Waals surface area contributed by atoms with E-state index in [9.17, 15) is 9.18 Å². The third-order valence-corrected chi connectivity index (χ3v) is 4.83. The van der Waals surface area contributed by atoms with Crippen LogP contribution >= 0.6 is 0 Å². The number of carbonyl (C=O) groups excluding carboxylic acids is 1. The molecule has 0 bridgehead atoms. The van der Waals surface area contributed by atoms with E-state index in [1.807, 2.05) is 36.4 Å². The van der Waals surface area contributed by atoms with Gasteiger partial charge in [-0.3, -0.25) is 4.79 Å². The van der Waals surface area contributed by atoms with Crippen LogP contribution in [0, 0.1) is 5.82 Å². The van der Waals surface area contributed by atoms with E-state index in [2.05, 4.69) is 10.1 Å². The molecular weight excluding hydrogens is 357 g/mol. The molecule has 0 aliphatic carbocycles. The standard InChI is InChI=1S/C22H20FN3O2/c23-18-12-10-17(11-13-18)21-24-22(28-25-21)19-8-4-5-15-26(19)20(27)14-9-16-6-2-1-3-7-16/h1-3,6-7,9-14,19H,4-5,8,15H2/b14-9+. The maximum atomic E-state index is 13.1. The van der Waals surface area contributed by atoms with Gasteiger partial charge in [0, 0.05) is 18.2 Å². The van der Waals surface area contributed by atoms with Crippen molar-refractivity contribution < 1.29 is 13.7 Å². The quantitative estimate of drug-likeness (QED) is 0.622. The summed E-state index contributed by atoms with van der Waals surface area (Å²) in [5.74, 6) is 0.421. The second-order valence-electron chi connectivity index (χ2n) is 6.75. The Morgan fingerprint density at radius 1 is 1.11 bits per heavy atom. The molecule has 1 saturated heterocycles. The maximum Gasteiger partial charge on any atom is 0.249 e. The molecule has 3 aromatic rings. The zero-order chi connectivity index (χ0) is 19.3. The summed E-state index contributed by atoms with van der Waals surface area (Å²) >= 11 is 0. The van der Waals surface area contributed by atoms with Crippen LogP contribution in [0.3, 0.4) is 0 Å². The summed E-state index contributed by atoms with van der Waals surface area (Å²) in [7, 11) is 0. The van der Waals surface area contributed by atoms with Gasteiger partial charge in [0.2, 0.25) is 17.6 Å². The molecule has 1 aliphatic rings. The number of nitrogens with zero attached hydrogens (tertiary/aromatic N) is 3. The van der Waals surface area contributed by atoms with Gasteiger partial charge in [0.05, 0.1) is 0 Å². The number of hydrogen-bond acceptors (Lipinski definition) is 4. The third kappa shape index (κ3) is 4.01. The molecule has 1 fully saturated rings. The molecule has 1 aliphatic heterocycles. The number of carbonyl (C=O) groups is 1. The summed E-state index contributed by atoms with van der Waals surface area (Å²) in [5, 5.41) is 4.01. The van der Waals surface area contributed by atoms with Crippen molar-refractivity contribution in [1.82, 2.24) is 15.0 Å². The van der Waals surface area contributed by atoms with Crippen molar-refractivity contribution in [1.29, 1.82) is 0 Å².